The van der Waals surface area contributed by atoms with E-state index in [9.17, 15) is 8.42 Å². The minimum atomic E-state index is -3.41. The molecule has 0 radical (unpaired) electrons. The lowest BCUT2D eigenvalue weighted by atomic mass is 10.1. The third-order valence-corrected chi connectivity index (χ3v) is 5.33. The molecule has 1 aliphatic heterocycles. The summed E-state index contributed by atoms with van der Waals surface area (Å²) < 4.78 is 32.4. The normalized spacial score (nSPS) is 24.8. The van der Waals surface area contributed by atoms with E-state index in [1.54, 1.807) is 12.1 Å². The maximum Gasteiger partial charge on any atom is 0.243 e. The van der Waals surface area contributed by atoms with Crippen molar-refractivity contribution in [1.82, 2.24) is 4.31 Å². The standard InChI is InChI=1S/C15H23NO3S/c1-4-5-14-6-8-15(9-7-14)20(17,18)16-10-12(2)19-13(3)11-16/h6-9,12-13H,4-5,10-11H2,1-3H3. The predicted octanol–water partition coefficient (Wildman–Crippen LogP) is 2.44. The first kappa shape index (κ1) is 15.5. The van der Waals surface area contributed by atoms with Gasteiger partial charge in [-0.15, -0.1) is 0 Å². The molecule has 1 aliphatic rings. The van der Waals surface area contributed by atoms with Crippen molar-refractivity contribution < 1.29 is 13.2 Å². The van der Waals surface area contributed by atoms with Gasteiger partial charge in [0.05, 0.1) is 17.1 Å². The van der Waals surface area contributed by atoms with Gasteiger partial charge in [0.2, 0.25) is 10.0 Å². The quantitative estimate of drug-likeness (QED) is 0.857. The van der Waals surface area contributed by atoms with Crippen LogP contribution in [0.2, 0.25) is 0 Å². The molecule has 0 amide bonds. The van der Waals surface area contributed by atoms with Crippen molar-refractivity contribution in [2.75, 3.05) is 13.1 Å². The van der Waals surface area contributed by atoms with Crippen LogP contribution in [0.4, 0.5) is 0 Å². The molecule has 0 bridgehead atoms. The van der Waals surface area contributed by atoms with Gasteiger partial charge in [-0.3, -0.25) is 0 Å². The fourth-order valence-corrected chi connectivity index (χ4v) is 4.18. The molecule has 2 rings (SSSR count). The highest BCUT2D eigenvalue weighted by Crippen LogP contribution is 2.21. The van der Waals surface area contributed by atoms with Crippen molar-refractivity contribution in [3.63, 3.8) is 0 Å². The van der Waals surface area contributed by atoms with E-state index in [2.05, 4.69) is 6.92 Å². The molecular formula is C15H23NO3S. The summed E-state index contributed by atoms with van der Waals surface area (Å²) >= 11 is 0. The Balaban J connectivity index is 2.21. The summed E-state index contributed by atoms with van der Waals surface area (Å²) in [5.41, 5.74) is 1.18. The Morgan fingerprint density at radius 3 is 2.20 bits per heavy atom. The van der Waals surface area contributed by atoms with Gasteiger partial charge < -0.3 is 4.74 Å². The van der Waals surface area contributed by atoms with Crippen LogP contribution in [0.15, 0.2) is 29.2 Å². The second kappa shape index (κ2) is 6.24. The van der Waals surface area contributed by atoms with Crippen LogP contribution in [0.25, 0.3) is 0 Å². The Kier molecular flexibility index (Phi) is 4.83. The number of ether oxygens (including phenoxy) is 1. The van der Waals surface area contributed by atoms with Crippen LogP contribution in [-0.2, 0) is 21.2 Å². The van der Waals surface area contributed by atoms with E-state index in [1.165, 1.54) is 9.87 Å². The van der Waals surface area contributed by atoms with Gasteiger partial charge in [-0.05, 0) is 38.0 Å². The lowest BCUT2D eigenvalue weighted by molar-refractivity contribution is -0.0440. The van der Waals surface area contributed by atoms with Gasteiger partial charge in [-0.1, -0.05) is 25.5 Å². The second-order valence-electron chi connectivity index (χ2n) is 5.47. The number of hydrogen-bond acceptors (Lipinski definition) is 3. The molecule has 1 aromatic carbocycles. The lowest BCUT2D eigenvalue weighted by Crippen LogP contribution is -2.48. The van der Waals surface area contributed by atoms with Crippen molar-refractivity contribution in [3.05, 3.63) is 29.8 Å². The van der Waals surface area contributed by atoms with Crippen LogP contribution in [0.1, 0.15) is 32.8 Å². The predicted molar refractivity (Wildman–Crippen MR) is 79.2 cm³/mol. The zero-order chi connectivity index (χ0) is 14.8. The Bertz CT molecular complexity index is 529. The lowest BCUT2D eigenvalue weighted by Gasteiger charge is -2.34. The molecule has 0 aromatic heterocycles. The first-order valence-electron chi connectivity index (χ1n) is 7.18. The molecule has 20 heavy (non-hydrogen) atoms. The van der Waals surface area contributed by atoms with Crippen molar-refractivity contribution in [2.24, 2.45) is 0 Å². The molecule has 1 fully saturated rings. The first-order chi connectivity index (χ1) is 9.43. The monoisotopic (exact) mass is 297 g/mol. The highest BCUT2D eigenvalue weighted by molar-refractivity contribution is 7.89. The fourth-order valence-electron chi connectivity index (χ4n) is 2.59. The molecule has 0 saturated carbocycles. The maximum atomic E-state index is 12.6. The molecule has 0 spiro atoms. The van der Waals surface area contributed by atoms with E-state index in [0.717, 1.165) is 12.8 Å². The molecule has 4 nitrogen and oxygen atoms in total. The number of rotatable bonds is 4. The molecular weight excluding hydrogens is 274 g/mol. The van der Waals surface area contributed by atoms with Crippen LogP contribution < -0.4 is 0 Å². The molecule has 2 unspecified atom stereocenters. The third-order valence-electron chi connectivity index (χ3n) is 3.49. The first-order valence-corrected chi connectivity index (χ1v) is 8.62. The summed E-state index contributed by atoms with van der Waals surface area (Å²) in [5.74, 6) is 0. The van der Waals surface area contributed by atoms with Gasteiger partial charge in [-0.2, -0.15) is 4.31 Å². The molecule has 1 heterocycles. The second-order valence-corrected chi connectivity index (χ2v) is 7.41. The summed E-state index contributed by atoms with van der Waals surface area (Å²) in [7, 11) is -3.41. The summed E-state index contributed by atoms with van der Waals surface area (Å²) in [6.07, 6.45) is 1.91. The van der Waals surface area contributed by atoms with E-state index < -0.39 is 10.0 Å². The highest BCUT2D eigenvalue weighted by atomic mass is 32.2. The SMILES string of the molecule is CCCc1ccc(S(=O)(=O)N2CC(C)OC(C)C2)cc1. The highest BCUT2D eigenvalue weighted by Gasteiger charge is 2.31. The molecule has 0 N–H and O–H groups in total. The number of benzene rings is 1. The molecule has 2 atom stereocenters. The number of aryl methyl sites for hydroxylation is 1. The van der Waals surface area contributed by atoms with E-state index in [1.807, 2.05) is 26.0 Å². The molecule has 112 valence electrons. The average molecular weight is 297 g/mol. The van der Waals surface area contributed by atoms with Gasteiger partial charge in [0.25, 0.3) is 0 Å². The minimum absolute atomic E-state index is 0.0621. The van der Waals surface area contributed by atoms with Crippen LogP contribution in [-0.4, -0.2) is 38.0 Å². The van der Waals surface area contributed by atoms with Crippen LogP contribution in [0, 0.1) is 0 Å². The zero-order valence-electron chi connectivity index (χ0n) is 12.4. The third kappa shape index (κ3) is 3.40. The molecule has 5 heteroatoms. The molecule has 1 saturated heterocycles. The summed E-state index contributed by atoms with van der Waals surface area (Å²) in [4.78, 5) is 0.374. The van der Waals surface area contributed by atoms with E-state index in [0.29, 0.717) is 18.0 Å². The number of nitrogens with zero attached hydrogens (tertiary/aromatic N) is 1. The summed E-state index contributed by atoms with van der Waals surface area (Å²) in [6, 6.07) is 7.24. The molecule has 1 aromatic rings. The number of hydrogen-bond donors (Lipinski definition) is 0. The van der Waals surface area contributed by atoms with Gasteiger partial charge in [0.1, 0.15) is 0 Å². The zero-order valence-corrected chi connectivity index (χ0v) is 13.2. The topological polar surface area (TPSA) is 46.6 Å². The van der Waals surface area contributed by atoms with Crippen molar-refractivity contribution >= 4 is 10.0 Å². The smallest absolute Gasteiger partial charge is 0.243 e. The van der Waals surface area contributed by atoms with Gasteiger partial charge in [0.15, 0.2) is 0 Å². The maximum absolute atomic E-state index is 12.6. The Morgan fingerprint density at radius 1 is 1.15 bits per heavy atom. The summed E-state index contributed by atoms with van der Waals surface area (Å²) in [5, 5.41) is 0. The minimum Gasteiger partial charge on any atom is -0.373 e. The Hall–Kier alpha value is -0.910. The Labute approximate surface area is 121 Å². The van der Waals surface area contributed by atoms with Crippen LogP contribution in [0.3, 0.4) is 0 Å². The average Bonchev–Trinajstić information content (AvgIpc) is 2.38. The fraction of sp³-hybridized carbons (Fsp3) is 0.600. The van der Waals surface area contributed by atoms with Crippen LogP contribution in [0.5, 0.6) is 0 Å². The van der Waals surface area contributed by atoms with E-state index in [-0.39, 0.29) is 12.2 Å². The van der Waals surface area contributed by atoms with Crippen molar-refractivity contribution in [1.29, 1.82) is 0 Å². The van der Waals surface area contributed by atoms with E-state index in [4.69, 9.17) is 4.74 Å². The largest absolute Gasteiger partial charge is 0.373 e. The molecule has 0 aliphatic carbocycles. The van der Waals surface area contributed by atoms with Gasteiger partial charge in [0, 0.05) is 13.1 Å². The van der Waals surface area contributed by atoms with Crippen molar-refractivity contribution in [3.8, 4) is 0 Å². The van der Waals surface area contributed by atoms with Gasteiger partial charge >= 0.3 is 0 Å². The van der Waals surface area contributed by atoms with E-state index >= 15 is 0 Å². The van der Waals surface area contributed by atoms with Crippen molar-refractivity contribution in [2.45, 2.75) is 50.7 Å². The number of sulfonamides is 1. The summed E-state index contributed by atoms with van der Waals surface area (Å²) in [6.45, 7) is 6.76. The number of morpholine rings is 1. The van der Waals surface area contributed by atoms with Gasteiger partial charge in [-0.25, -0.2) is 8.42 Å². The van der Waals surface area contributed by atoms with Crippen LogP contribution >= 0.6 is 0 Å². The Morgan fingerprint density at radius 2 is 1.70 bits per heavy atom.